The topological polar surface area (TPSA) is 90.3 Å². The van der Waals surface area contributed by atoms with Gasteiger partial charge >= 0.3 is 6.03 Å². The highest BCUT2D eigenvalue weighted by atomic mass is 19.1. The van der Waals surface area contributed by atoms with E-state index in [1.54, 1.807) is 4.90 Å². The Morgan fingerprint density at radius 3 is 2.89 bits per heavy atom. The largest absolute Gasteiger partial charge is 0.441 e. The van der Waals surface area contributed by atoms with E-state index in [9.17, 15) is 13.6 Å². The third kappa shape index (κ3) is 4.69. The number of fused-ring (bicyclic) bond motifs is 2. The molecule has 2 aliphatic rings. The Morgan fingerprint density at radius 1 is 1.22 bits per heavy atom. The van der Waals surface area contributed by atoms with Crippen LogP contribution in [-0.2, 0) is 19.5 Å². The van der Waals surface area contributed by atoms with Crippen molar-refractivity contribution in [2.45, 2.75) is 45.3 Å². The Hall–Kier alpha value is -3.79. The highest BCUT2D eigenvalue weighted by molar-refractivity contribution is 5.81. The average molecular weight is 507 g/mol. The predicted molar refractivity (Wildman–Crippen MR) is 134 cm³/mol. The molecule has 8 nitrogen and oxygen atoms in total. The van der Waals surface area contributed by atoms with Crippen LogP contribution in [0.3, 0.4) is 0 Å². The van der Waals surface area contributed by atoms with Gasteiger partial charge in [0.05, 0.1) is 12.2 Å². The standard InChI is InChI=1S/C27H28F2N6O2/c1-16-30-24-8-7-17(12-25(24)37-16)26-20-15-35(11-9-23(20)32-33-26)27(36)31-18-4-3-10-34(13-18)14-19-21(28)5-2-6-22(19)29/h2,5-8,12,18H,3-4,9-11,13-15H2,1H3,(H,31,36)(H,32,33)/t18-/m1/s1. The summed E-state index contributed by atoms with van der Waals surface area (Å²) in [4.78, 5) is 21.4. The zero-order valence-electron chi connectivity index (χ0n) is 20.6. The van der Waals surface area contributed by atoms with E-state index >= 15 is 0 Å². The monoisotopic (exact) mass is 506 g/mol. The van der Waals surface area contributed by atoms with E-state index in [2.05, 4.69) is 20.5 Å². The fraction of sp³-hybridized carbons (Fsp3) is 0.370. The van der Waals surface area contributed by atoms with E-state index in [-0.39, 0.29) is 24.2 Å². The number of nitrogens with one attached hydrogen (secondary N) is 2. The van der Waals surface area contributed by atoms with Crippen LogP contribution in [0.2, 0.25) is 0 Å². The first-order chi connectivity index (χ1) is 17.9. The summed E-state index contributed by atoms with van der Waals surface area (Å²) in [6, 6.07) is 9.52. The van der Waals surface area contributed by atoms with Crippen molar-refractivity contribution in [3.63, 3.8) is 0 Å². The number of aryl methyl sites for hydroxylation is 1. The second-order valence-corrected chi connectivity index (χ2v) is 9.84. The summed E-state index contributed by atoms with van der Waals surface area (Å²) in [6.07, 6.45) is 2.36. The molecule has 0 radical (unpaired) electrons. The van der Waals surface area contributed by atoms with E-state index in [1.807, 2.05) is 30.0 Å². The molecule has 1 saturated heterocycles. The number of halogens is 2. The van der Waals surface area contributed by atoms with Gasteiger partial charge in [0.15, 0.2) is 11.5 Å². The van der Waals surface area contributed by atoms with Gasteiger partial charge in [0.2, 0.25) is 0 Å². The number of aromatic amines is 1. The lowest BCUT2D eigenvalue weighted by atomic mass is 10.0. The van der Waals surface area contributed by atoms with Gasteiger partial charge in [-0.15, -0.1) is 0 Å². The molecule has 6 rings (SSSR count). The summed E-state index contributed by atoms with van der Waals surface area (Å²) >= 11 is 0. The second kappa shape index (κ2) is 9.59. The van der Waals surface area contributed by atoms with E-state index in [1.165, 1.54) is 18.2 Å². The molecule has 2 aromatic heterocycles. The van der Waals surface area contributed by atoms with Gasteiger partial charge in [-0.05, 0) is 43.7 Å². The Balaban J connectivity index is 1.13. The number of urea groups is 1. The number of amides is 2. The van der Waals surface area contributed by atoms with Crippen LogP contribution in [0.5, 0.6) is 0 Å². The SMILES string of the molecule is Cc1nc2ccc(-c3n[nH]c4c3CN(C(=O)N[C@@H]3CCCN(Cc5c(F)cccc5F)C3)CC4)cc2o1. The Kier molecular flexibility index (Phi) is 6.11. The van der Waals surface area contributed by atoms with Gasteiger partial charge in [-0.25, -0.2) is 18.6 Å². The van der Waals surface area contributed by atoms with Crippen molar-refractivity contribution in [1.82, 2.24) is 30.3 Å². The van der Waals surface area contributed by atoms with Gasteiger partial charge in [-0.1, -0.05) is 12.1 Å². The molecular weight excluding hydrogens is 478 g/mol. The molecule has 2 aromatic carbocycles. The molecule has 4 heterocycles. The molecule has 2 N–H and O–H groups in total. The number of carbonyl (C=O) groups excluding carboxylic acids is 1. The Labute approximate surface area is 212 Å². The van der Waals surface area contributed by atoms with Gasteiger partial charge in [-0.2, -0.15) is 5.10 Å². The number of piperidine rings is 1. The van der Waals surface area contributed by atoms with Crippen molar-refractivity contribution in [2.75, 3.05) is 19.6 Å². The summed E-state index contributed by atoms with van der Waals surface area (Å²) < 4.78 is 33.9. The quantitative estimate of drug-likeness (QED) is 0.424. The molecule has 0 saturated carbocycles. The van der Waals surface area contributed by atoms with Crippen molar-refractivity contribution in [2.24, 2.45) is 0 Å². The Morgan fingerprint density at radius 2 is 2.05 bits per heavy atom. The van der Waals surface area contributed by atoms with E-state index < -0.39 is 11.6 Å². The molecule has 0 bridgehead atoms. The number of hydrogen-bond donors (Lipinski definition) is 2. The summed E-state index contributed by atoms with van der Waals surface area (Å²) in [6.45, 7) is 4.31. The highest BCUT2D eigenvalue weighted by Gasteiger charge is 2.29. The first-order valence-corrected chi connectivity index (χ1v) is 12.6. The molecule has 37 heavy (non-hydrogen) atoms. The molecule has 4 aromatic rings. The number of benzene rings is 2. The summed E-state index contributed by atoms with van der Waals surface area (Å²) in [7, 11) is 0. The molecular formula is C27H28F2N6O2. The highest BCUT2D eigenvalue weighted by Crippen LogP contribution is 2.31. The summed E-state index contributed by atoms with van der Waals surface area (Å²) in [5.41, 5.74) is 5.32. The minimum atomic E-state index is -0.538. The molecule has 0 spiro atoms. The number of hydrogen-bond acceptors (Lipinski definition) is 5. The van der Waals surface area contributed by atoms with Crippen molar-refractivity contribution in [3.05, 3.63) is 70.7 Å². The van der Waals surface area contributed by atoms with Crippen LogP contribution in [0.15, 0.2) is 40.8 Å². The molecule has 10 heteroatoms. The number of carbonyl (C=O) groups is 1. The molecule has 1 fully saturated rings. The minimum absolute atomic E-state index is 0.0733. The minimum Gasteiger partial charge on any atom is -0.441 e. The molecule has 192 valence electrons. The lowest BCUT2D eigenvalue weighted by molar-refractivity contribution is 0.158. The van der Waals surface area contributed by atoms with Crippen molar-refractivity contribution in [3.8, 4) is 11.3 Å². The second-order valence-electron chi connectivity index (χ2n) is 9.84. The summed E-state index contributed by atoms with van der Waals surface area (Å²) in [5.74, 6) is -0.466. The first kappa shape index (κ1) is 23.6. The van der Waals surface area contributed by atoms with Crippen LogP contribution in [0.4, 0.5) is 13.6 Å². The molecule has 1 atom stereocenters. The first-order valence-electron chi connectivity index (χ1n) is 12.6. The number of nitrogens with zero attached hydrogens (tertiary/aromatic N) is 4. The van der Waals surface area contributed by atoms with Gasteiger partial charge in [0.25, 0.3) is 0 Å². The maximum atomic E-state index is 14.1. The molecule has 0 unspecified atom stereocenters. The Bertz CT molecular complexity index is 1440. The number of H-pyrrole nitrogens is 1. The summed E-state index contributed by atoms with van der Waals surface area (Å²) in [5, 5.41) is 10.8. The van der Waals surface area contributed by atoms with Crippen LogP contribution in [0, 0.1) is 18.6 Å². The molecule has 0 aliphatic carbocycles. The van der Waals surface area contributed by atoms with Crippen molar-refractivity contribution >= 4 is 17.1 Å². The van der Waals surface area contributed by atoms with Crippen LogP contribution < -0.4 is 5.32 Å². The van der Waals surface area contributed by atoms with Crippen LogP contribution in [0.1, 0.15) is 35.6 Å². The average Bonchev–Trinajstić information content (AvgIpc) is 3.48. The van der Waals surface area contributed by atoms with E-state index in [0.717, 1.165) is 47.4 Å². The maximum absolute atomic E-state index is 14.1. The fourth-order valence-corrected chi connectivity index (χ4v) is 5.38. The zero-order valence-corrected chi connectivity index (χ0v) is 20.6. The van der Waals surface area contributed by atoms with Gasteiger partial charge in [0.1, 0.15) is 17.2 Å². The number of rotatable bonds is 4. The maximum Gasteiger partial charge on any atom is 0.317 e. The van der Waals surface area contributed by atoms with Crippen LogP contribution in [0.25, 0.3) is 22.4 Å². The van der Waals surface area contributed by atoms with Gasteiger partial charge in [-0.3, -0.25) is 10.00 Å². The van der Waals surface area contributed by atoms with Crippen LogP contribution >= 0.6 is 0 Å². The number of oxazole rings is 1. The third-order valence-corrected chi connectivity index (χ3v) is 7.27. The normalized spacial score (nSPS) is 18.2. The fourth-order valence-electron chi connectivity index (χ4n) is 5.38. The smallest absolute Gasteiger partial charge is 0.317 e. The zero-order chi connectivity index (χ0) is 25.5. The van der Waals surface area contributed by atoms with Gasteiger partial charge in [0, 0.05) is 61.4 Å². The molecule has 2 amide bonds. The predicted octanol–water partition coefficient (Wildman–Crippen LogP) is 4.54. The van der Waals surface area contributed by atoms with Crippen LogP contribution in [-0.4, -0.2) is 56.7 Å². The third-order valence-electron chi connectivity index (χ3n) is 7.27. The lowest BCUT2D eigenvalue weighted by Gasteiger charge is -2.35. The van der Waals surface area contributed by atoms with Gasteiger partial charge < -0.3 is 14.6 Å². The number of aromatic nitrogens is 3. The van der Waals surface area contributed by atoms with E-state index in [4.69, 9.17) is 4.42 Å². The molecule has 2 aliphatic heterocycles. The number of likely N-dealkylation sites (tertiary alicyclic amines) is 1. The van der Waals surface area contributed by atoms with Crippen molar-refractivity contribution in [1.29, 1.82) is 0 Å². The van der Waals surface area contributed by atoms with Crippen molar-refractivity contribution < 1.29 is 18.0 Å². The van der Waals surface area contributed by atoms with E-state index in [0.29, 0.717) is 37.5 Å². The lowest BCUT2D eigenvalue weighted by Crippen LogP contribution is -2.52.